The Labute approximate surface area is 83.5 Å². The van der Waals surface area contributed by atoms with E-state index in [1.54, 1.807) is 12.3 Å². The van der Waals surface area contributed by atoms with Crippen LogP contribution in [0.4, 0.5) is 11.8 Å². The SMILES string of the molecule is CN(C)C1CN(c2nccc(N)n2)C1. The first-order chi connectivity index (χ1) is 6.66. The number of rotatable bonds is 2. The molecule has 76 valence electrons. The van der Waals surface area contributed by atoms with Crippen molar-refractivity contribution in [3.8, 4) is 0 Å². The number of hydrogen-bond acceptors (Lipinski definition) is 5. The second-order valence-corrected chi connectivity index (χ2v) is 3.80. The highest BCUT2D eigenvalue weighted by Crippen LogP contribution is 2.18. The molecular formula is C9H15N5. The molecule has 2 N–H and O–H groups in total. The van der Waals surface area contributed by atoms with Crippen molar-refractivity contribution in [2.24, 2.45) is 0 Å². The first-order valence-corrected chi connectivity index (χ1v) is 4.66. The smallest absolute Gasteiger partial charge is 0.227 e. The molecule has 0 radical (unpaired) electrons. The Morgan fingerprint density at radius 3 is 2.79 bits per heavy atom. The van der Waals surface area contributed by atoms with E-state index in [1.165, 1.54) is 0 Å². The zero-order valence-corrected chi connectivity index (χ0v) is 8.51. The predicted molar refractivity (Wildman–Crippen MR) is 56.1 cm³/mol. The van der Waals surface area contributed by atoms with Crippen molar-refractivity contribution >= 4 is 11.8 Å². The molecular weight excluding hydrogens is 178 g/mol. The van der Waals surface area contributed by atoms with Gasteiger partial charge in [-0.25, -0.2) is 4.98 Å². The summed E-state index contributed by atoms with van der Waals surface area (Å²) in [6.45, 7) is 1.97. The Kier molecular flexibility index (Phi) is 2.25. The van der Waals surface area contributed by atoms with E-state index in [0.29, 0.717) is 11.9 Å². The van der Waals surface area contributed by atoms with Crippen LogP contribution in [0.25, 0.3) is 0 Å². The van der Waals surface area contributed by atoms with Crippen LogP contribution in [0.3, 0.4) is 0 Å². The van der Waals surface area contributed by atoms with Gasteiger partial charge in [0.05, 0.1) is 0 Å². The number of likely N-dealkylation sites (N-methyl/N-ethyl adjacent to an activating group) is 1. The fourth-order valence-corrected chi connectivity index (χ4v) is 1.46. The minimum Gasteiger partial charge on any atom is -0.384 e. The van der Waals surface area contributed by atoms with Crippen molar-refractivity contribution in [3.63, 3.8) is 0 Å². The van der Waals surface area contributed by atoms with E-state index in [1.807, 2.05) is 0 Å². The van der Waals surface area contributed by atoms with E-state index in [-0.39, 0.29) is 0 Å². The van der Waals surface area contributed by atoms with Gasteiger partial charge in [0.2, 0.25) is 5.95 Å². The summed E-state index contributed by atoms with van der Waals surface area (Å²) in [7, 11) is 4.17. The van der Waals surface area contributed by atoms with Crippen molar-refractivity contribution in [3.05, 3.63) is 12.3 Å². The minimum absolute atomic E-state index is 0.531. The summed E-state index contributed by atoms with van der Waals surface area (Å²) in [5.74, 6) is 1.27. The zero-order valence-electron chi connectivity index (χ0n) is 8.51. The second-order valence-electron chi connectivity index (χ2n) is 3.80. The molecule has 1 aliphatic rings. The van der Waals surface area contributed by atoms with Gasteiger partial charge in [0.15, 0.2) is 0 Å². The third kappa shape index (κ3) is 1.63. The quantitative estimate of drug-likeness (QED) is 0.705. The van der Waals surface area contributed by atoms with Gasteiger partial charge in [0, 0.05) is 25.3 Å². The fourth-order valence-electron chi connectivity index (χ4n) is 1.46. The molecule has 0 aliphatic carbocycles. The number of nitrogen functional groups attached to an aromatic ring is 1. The molecule has 0 aromatic carbocycles. The second kappa shape index (κ2) is 3.42. The highest BCUT2D eigenvalue weighted by molar-refractivity contribution is 5.40. The molecule has 0 bridgehead atoms. The summed E-state index contributed by atoms with van der Waals surface area (Å²) in [4.78, 5) is 12.7. The van der Waals surface area contributed by atoms with Crippen LogP contribution in [0.2, 0.25) is 0 Å². The van der Waals surface area contributed by atoms with Gasteiger partial charge < -0.3 is 15.5 Å². The van der Waals surface area contributed by atoms with E-state index in [4.69, 9.17) is 5.73 Å². The summed E-state index contributed by atoms with van der Waals surface area (Å²) < 4.78 is 0. The summed E-state index contributed by atoms with van der Waals surface area (Å²) in [5.41, 5.74) is 5.58. The van der Waals surface area contributed by atoms with Crippen LogP contribution in [0, 0.1) is 0 Å². The first-order valence-electron chi connectivity index (χ1n) is 4.66. The Morgan fingerprint density at radius 2 is 2.21 bits per heavy atom. The molecule has 1 aliphatic heterocycles. The van der Waals surface area contributed by atoms with Crippen LogP contribution in [-0.2, 0) is 0 Å². The maximum atomic E-state index is 5.58. The van der Waals surface area contributed by atoms with Gasteiger partial charge in [0.25, 0.3) is 0 Å². The summed E-state index contributed by atoms with van der Waals surface area (Å²) in [6.07, 6.45) is 1.70. The van der Waals surface area contributed by atoms with E-state index in [2.05, 4.69) is 33.9 Å². The van der Waals surface area contributed by atoms with E-state index in [0.717, 1.165) is 19.0 Å². The Bertz CT molecular complexity index is 319. The number of aromatic nitrogens is 2. The maximum absolute atomic E-state index is 5.58. The average molecular weight is 193 g/mol. The minimum atomic E-state index is 0.531. The lowest BCUT2D eigenvalue weighted by Gasteiger charge is -2.42. The number of nitrogens with two attached hydrogens (primary N) is 1. The van der Waals surface area contributed by atoms with Crippen molar-refractivity contribution in [1.82, 2.24) is 14.9 Å². The molecule has 0 atom stereocenters. The lowest BCUT2D eigenvalue weighted by atomic mass is 10.1. The Morgan fingerprint density at radius 1 is 1.50 bits per heavy atom. The predicted octanol–water partition coefficient (Wildman–Crippen LogP) is -0.191. The summed E-state index contributed by atoms with van der Waals surface area (Å²) in [5, 5.41) is 0. The molecule has 2 rings (SSSR count). The lowest BCUT2D eigenvalue weighted by molar-refractivity contribution is 0.245. The molecule has 0 amide bonds. The average Bonchev–Trinajstić information content (AvgIpc) is 2.00. The molecule has 14 heavy (non-hydrogen) atoms. The third-order valence-electron chi connectivity index (χ3n) is 2.54. The fraction of sp³-hybridized carbons (Fsp3) is 0.556. The van der Waals surface area contributed by atoms with Gasteiger partial charge in [0.1, 0.15) is 5.82 Å². The van der Waals surface area contributed by atoms with Crippen LogP contribution < -0.4 is 10.6 Å². The van der Waals surface area contributed by atoms with Crippen molar-refractivity contribution < 1.29 is 0 Å². The number of hydrogen-bond donors (Lipinski definition) is 1. The normalized spacial score (nSPS) is 17.2. The molecule has 0 saturated carbocycles. The standard InChI is InChI=1S/C9H15N5/c1-13(2)7-5-14(6-7)9-11-4-3-8(10)12-9/h3-4,7H,5-6H2,1-2H3,(H2,10,11,12). The third-order valence-corrected chi connectivity index (χ3v) is 2.54. The van der Waals surface area contributed by atoms with Gasteiger partial charge in [-0.2, -0.15) is 4.98 Å². The maximum Gasteiger partial charge on any atom is 0.227 e. The number of anilines is 2. The van der Waals surface area contributed by atoms with Crippen LogP contribution in [0.15, 0.2) is 12.3 Å². The topological polar surface area (TPSA) is 58.3 Å². The molecule has 1 aromatic heterocycles. The van der Waals surface area contributed by atoms with Gasteiger partial charge in [-0.3, -0.25) is 0 Å². The highest BCUT2D eigenvalue weighted by atomic mass is 15.4. The number of nitrogens with zero attached hydrogens (tertiary/aromatic N) is 4. The molecule has 1 aromatic rings. The first kappa shape index (κ1) is 9.21. The highest BCUT2D eigenvalue weighted by Gasteiger charge is 2.29. The molecule has 0 unspecified atom stereocenters. The van der Waals surface area contributed by atoms with Crippen LogP contribution in [-0.4, -0.2) is 48.1 Å². The van der Waals surface area contributed by atoms with Crippen molar-refractivity contribution in [1.29, 1.82) is 0 Å². The largest absolute Gasteiger partial charge is 0.384 e. The van der Waals surface area contributed by atoms with Crippen LogP contribution >= 0.6 is 0 Å². The zero-order chi connectivity index (χ0) is 10.1. The Hall–Kier alpha value is -1.36. The molecule has 0 spiro atoms. The van der Waals surface area contributed by atoms with Crippen molar-refractivity contribution in [2.45, 2.75) is 6.04 Å². The Balaban J connectivity index is 2.00. The van der Waals surface area contributed by atoms with E-state index < -0.39 is 0 Å². The van der Waals surface area contributed by atoms with E-state index in [9.17, 15) is 0 Å². The molecule has 1 fully saturated rings. The molecule has 5 nitrogen and oxygen atoms in total. The monoisotopic (exact) mass is 193 g/mol. The molecule has 1 saturated heterocycles. The molecule has 2 heterocycles. The lowest BCUT2D eigenvalue weighted by Crippen LogP contribution is -2.58. The van der Waals surface area contributed by atoms with Gasteiger partial charge in [-0.05, 0) is 20.2 Å². The van der Waals surface area contributed by atoms with Gasteiger partial charge in [-0.1, -0.05) is 0 Å². The van der Waals surface area contributed by atoms with Crippen LogP contribution in [0.5, 0.6) is 0 Å². The van der Waals surface area contributed by atoms with Gasteiger partial charge in [-0.15, -0.1) is 0 Å². The van der Waals surface area contributed by atoms with Crippen LogP contribution in [0.1, 0.15) is 0 Å². The van der Waals surface area contributed by atoms with Gasteiger partial charge >= 0.3 is 0 Å². The summed E-state index contributed by atoms with van der Waals surface area (Å²) >= 11 is 0. The van der Waals surface area contributed by atoms with Crippen molar-refractivity contribution in [2.75, 3.05) is 37.8 Å². The molecule has 5 heteroatoms. The van der Waals surface area contributed by atoms with E-state index >= 15 is 0 Å². The summed E-state index contributed by atoms with van der Waals surface area (Å²) in [6, 6.07) is 2.31.